The first-order valence-electron chi connectivity index (χ1n) is 7.53. The van der Waals surface area contributed by atoms with E-state index in [2.05, 4.69) is 51.9 Å². The number of fused-ring (bicyclic) bond motifs is 1. The molecule has 0 unspecified atom stereocenters. The van der Waals surface area contributed by atoms with Crippen LogP contribution in [0.1, 0.15) is 5.56 Å². The molecule has 23 heavy (non-hydrogen) atoms. The SMILES string of the molecule is Cc1ccc(-c2csc3ncnc(N4CCNC(=O)C4)c23)cc1. The average Bonchev–Trinajstić information content (AvgIpc) is 3.00. The van der Waals surface area contributed by atoms with Crippen molar-refractivity contribution in [1.29, 1.82) is 0 Å². The number of nitrogens with one attached hydrogen (secondary N) is 1. The summed E-state index contributed by atoms with van der Waals surface area (Å²) in [6.45, 7) is 3.83. The number of nitrogens with zero attached hydrogens (tertiary/aromatic N) is 3. The zero-order valence-electron chi connectivity index (χ0n) is 12.7. The topological polar surface area (TPSA) is 58.1 Å². The van der Waals surface area contributed by atoms with E-state index in [0.29, 0.717) is 13.1 Å². The molecule has 4 rings (SSSR count). The van der Waals surface area contributed by atoms with Gasteiger partial charge in [0.2, 0.25) is 5.91 Å². The Morgan fingerprint density at radius 2 is 2.04 bits per heavy atom. The van der Waals surface area contributed by atoms with E-state index in [9.17, 15) is 4.79 Å². The van der Waals surface area contributed by atoms with Gasteiger partial charge in [-0.05, 0) is 12.5 Å². The minimum atomic E-state index is 0.0372. The van der Waals surface area contributed by atoms with Gasteiger partial charge in [-0.3, -0.25) is 4.79 Å². The average molecular weight is 324 g/mol. The minimum absolute atomic E-state index is 0.0372. The number of rotatable bonds is 2. The first kappa shape index (κ1) is 14.1. The predicted molar refractivity (Wildman–Crippen MR) is 92.8 cm³/mol. The van der Waals surface area contributed by atoms with Gasteiger partial charge in [-0.15, -0.1) is 11.3 Å². The van der Waals surface area contributed by atoms with E-state index in [1.165, 1.54) is 5.56 Å². The summed E-state index contributed by atoms with van der Waals surface area (Å²) in [6.07, 6.45) is 1.58. The van der Waals surface area contributed by atoms with Gasteiger partial charge < -0.3 is 10.2 Å². The van der Waals surface area contributed by atoms with Gasteiger partial charge in [-0.1, -0.05) is 29.8 Å². The van der Waals surface area contributed by atoms with Crippen LogP contribution < -0.4 is 10.2 Å². The lowest BCUT2D eigenvalue weighted by molar-refractivity contribution is -0.120. The highest BCUT2D eigenvalue weighted by molar-refractivity contribution is 7.17. The summed E-state index contributed by atoms with van der Waals surface area (Å²) >= 11 is 1.61. The number of anilines is 1. The summed E-state index contributed by atoms with van der Waals surface area (Å²) in [4.78, 5) is 23.6. The highest BCUT2D eigenvalue weighted by atomic mass is 32.1. The predicted octanol–water partition coefficient (Wildman–Crippen LogP) is 2.60. The first-order chi connectivity index (χ1) is 11.2. The van der Waals surface area contributed by atoms with Crippen LogP contribution in [0.25, 0.3) is 21.3 Å². The highest BCUT2D eigenvalue weighted by Crippen LogP contribution is 2.37. The van der Waals surface area contributed by atoms with Gasteiger partial charge in [0.15, 0.2) is 0 Å². The summed E-state index contributed by atoms with van der Waals surface area (Å²) < 4.78 is 0. The maximum Gasteiger partial charge on any atom is 0.239 e. The maximum absolute atomic E-state index is 11.7. The zero-order valence-corrected chi connectivity index (χ0v) is 13.6. The molecule has 1 saturated heterocycles. The van der Waals surface area contributed by atoms with Crippen LogP contribution in [0.15, 0.2) is 36.0 Å². The Morgan fingerprint density at radius 1 is 1.22 bits per heavy atom. The fourth-order valence-corrected chi connectivity index (χ4v) is 3.77. The molecule has 3 heterocycles. The second-order valence-corrected chi connectivity index (χ2v) is 6.52. The fraction of sp³-hybridized carbons (Fsp3) is 0.235. The third kappa shape index (κ3) is 2.55. The van der Waals surface area contributed by atoms with Crippen molar-refractivity contribution < 1.29 is 4.79 Å². The molecule has 0 bridgehead atoms. The van der Waals surface area contributed by atoms with Gasteiger partial charge in [-0.2, -0.15) is 0 Å². The second-order valence-electron chi connectivity index (χ2n) is 5.66. The molecule has 1 amide bonds. The van der Waals surface area contributed by atoms with Crippen molar-refractivity contribution in [3.63, 3.8) is 0 Å². The minimum Gasteiger partial charge on any atom is -0.353 e. The van der Waals surface area contributed by atoms with Crippen LogP contribution in [0, 0.1) is 6.92 Å². The summed E-state index contributed by atoms with van der Waals surface area (Å²) in [5, 5.41) is 6.02. The normalized spacial score (nSPS) is 15.0. The Labute approximate surface area is 138 Å². The quantitative estimate of drug-likeness (QED) is 0.787. The van der Waals surface area contributed by atoms with Gasteiger partial charge >= 0.3 is 0 Å². The van der Waals surface area contributed by atoms with Gasteiger partial charge in [0.1, 0.15) is 17.0 Å². The molecule has 1 N–H and O–H groups in total. The van der Waals surface area contributed by atoms with Crippen molar-refractivity contribution in [1.82, 2.24) is 15.3 Å². The van der Waals surface area contributed by atoms with Crippen LogP contribution in [0.5, 0.6) is 0 Å². The molecule has 2 aromatic heterocycles. The van der Waals surface area contributed by atoms with Crippen LogP contribution >= 0.6 is 11.3 Å². The molecular weight excluding hydrogens is 308 g/mol. The smallest absolute Gasteiger partial charge is 0.239 e. The number of thiophene rings is 1. The number of carbonyl (C=O) groups is 1. The van der Waals surface area contributed by atoms with Gasteiger partial charge in [0.05, 0.1) is 11.9 Å². The molecule has 1 aromatic carbocycles. The Kier molecular flexibility index (Phi) is 3.46. The number of piperazine rings is 1. The Morgan fingerprint density at radius 3 is 2.83 bits per heavy atom. The first-order valence-corrected chi connectivity index (χ1v) is 8.41. The van der Waals surface area contributed by atoms with Crippen molar-refractivity contribution in [2.45, 2.75) is 6.92 Å². The van der Waals surface area contributed by atoms with Gasteiger partial charge in [0, 0.05) is 24.0 Å². The number of aryl methyl sites for hydroxylation is 1. The van der Waals surface area contributed by atoms with Crippen LogP contribution in [-0.4, -0.2) is 35.5 Å². The summed E-state index contributed by atoms with van der Waals surface area (Å²) in [7, 11) is 0. The van der Waals surface area contributed by atoms with Crippen molar-refractivity contribution in [2.24, 2.45) is 0 Å². The number of benzene rings is 1. The Bertz CT molecular complexity index is 872. The monoisotopic (exact) mass is 324 g/mol. The lowest BCUT2D eigenvalue weighted by Gasteiger charge is -2.28. The van der Waals surface area contributed by atoms with Gasteiger partial charge in [0.25, 0.3) is 0 Å². The second kappa shape index (κ2) is 5.62. The number of hydrogen-bond donors (Lipinski definition) is 1. The molecule has 0 saturated carbocycles. The molecule has 0 spiro atoms. The molecular formula is C17H16N4OS. The molecule has 6 heteroatoms. The number of aromatic nitrogens is 2. The van der Waals surface area contributed by atoms with E-state index in [0.717, 1.165) is 33.7 Å². The molecule has 1 aliphatic heterocycles. The lowest BCUT2D eigenvalue weighted by Crippen LogP contribution is -2.48. The number of hydrogen-bond acceptors (Lipinski definition) is 5. The molecule has 0 radical (unpaired) electrons. The molecule has 0 atom stereocenters. The van der Waals surface area contributed by atoms with Crippen molar-refractivity contribution >= 4 is 33.3 Å². The van der Waals surface area contributed by atoms with Crippen LogP contribution in [-0.2, 0) is 4.79 Å². The zero-order chi connectivity index (χ0) is 15.8. The number of carbonyl (C=O) groups excluding carboxylic acids is 1. The van der Waals surface area contributed by atoms with Crippen LogP contribution in [0.4, 0.5) is 5.82 Å². The van der Waals surface area contributed by atoms with E-state index in [1.807, 2.05) is 4.90 Å². The summed E-state index contributed by atoms with van der Waals surface area (Å²) in [5.41, 5.74) is 3.52. The highest BCUT2D eigenvalue weighted by Gasteiger charge is 2.22. The molecule has 116 valence electrons. The molecule has 3 aromatic rings. The van der Waals surface area contributed by atoms with Crippen LogP contribution in [0.2, 0.25) is 0 Å². The summed E-state index contributed by atoms with van der Waals surface area (Å²) in [6, 6.07) is 8.46. The number of amides is 1. The van der Waals surface area contributed by atoms with Crippen LogP contribution in [0.3, 0.4) is 0 Å². The van der Waals surface area contributed by atoms with Crippen molar-refractivity contribution in [3.05, 3.63) is 41.5 Å². The van der Waals surface area contributed by atoms with Crippen molar-refractivity contribution in [3.8, 4) is 11.1 Å². The Hall–Kier alpha value is -2.47. The van der Waals surface area contributed by atoms with E-state index in [1.54, 1.807) is 17.7 Å². The fourth-order valence-electron chi connectivity index (χ4n) is 2.86. The Balaban J connectivity index is 1.86. The molecule has 1 aliphatic rings. The maximum atomic E-state index is 11.7. The summed E-state index contributed by atoms with van der Waals surface area (Å²) in [5.74, 6) is 0.886. The third-order valence-electron chi connectivity index (χ3n) is 4.05. The van der Waals surface area contributed by atoms with E-state index < -0.39 is 0 Å². The van der Waals surface area contributed by atoms with Crippen molar-refractivity contribution in [2.75, 3.05) is 24.5 Å². The van der Waals surface area contributed by atoms with E-state index in [4.69, 9.17) is 0 Å². The lowest BCUT2D eigenvalue weighted by atomic mass is 10.0. The van der Waals surface area contributed by atoms with E-state index in [-0.39, 0.29) is 5.91 Å². The van der Waals surface area contributed by atoms with Gasteiger partial charge in [-0.25, -0.2) is 9.97 Å². The van der Waals surface area contributed by atoms with E-state index >= 15 is 0 Å². The molecule has 0 aliphatic carbocycles. The standard InChI is InChI=1S/C17H16N4OS/c1-11-2-4-12(5-3-11)13-9-23-17-15(13)16(19-10-20-17)21-7-6-18-14(22)8-21/h2-5,9-10H,6-8H2,1H3,(H,18,22). The largest absolute Gasteiger partial charge is 0.353 e. The molecule has 5 nitrogen and oxygen atoms in total. The third-order valence-corrected chi connectivity index (χ3v) is 4.94. The molecule has 1 fully saturated rings.